The van der Waals surface area contributed by atoms with Crippen LogP contribution in [0.3, 0.4) is 0 Å². The zero-order valence-electron chi connectivity index (χ0n) is 10.3. The highest BCUT2D eigenvalue weighted by Gasteiger charge is 2.25. The van der Waals surface area contributed by atoms with Crippen LogP contribution in [-0.2, 0) is 13.0 Å². The number of nitrogens with zero attached hydrogens (tertiary/aromatic N) is 2. The van der Waals surface area contributed by atoms with Gasteiger partial charge in [0.25, 0.3) is 5.91 Å². The molecule has 0 saturated carbocycles. The fraction of sp³-hybridized carbons (Fsp3) is 0.231. The fourth-order valence-electron chi connectivity index (χ4n) is 2.27. The van der Waals surface area contributed by atoms with Crippen LogP contribution in [0.15, 0.2) is 18.2 Å². The molecule has 0 atom stereocenters. The highest BCUT2D eigenvalue weighted by molar-refractivity contribution is 14.1. The van der Waals surface area contributed by atoms with Crippen molar-refractivity contribution < 1.29 is 9.18 Å². The summed E-state index contributed by atoms with van der Waals surface area (Å²) in [6, 6.07) is 4.23. The molecule has 0 aliphatic carbocycles. The molecule has 4 nitrogen and oxygen atoms in total. The molecule has 1 aromatic heterocycles. The SMILES string of the molecule is O=C1NCCn2nc(I)c(Cc3cc(F)ccc3Cl)c21. The van der Waals surface area contributed by atoms with Gasteiger partial charge < -0.3 is 5.32 Å². The van der Waals surface area contributed by atoms with Gasteiger partial charge in [-0.3, -0.25) is 9.48 Å². The minimum atomic E-state index is -0.343. The van der Waals surface area contributed by atoms with E-state index in [1.165, 1.54) is 18.2 Å². The lowest BCUT2D eigenvalue weighted by Gasteiger charge is -2.15. The molecule has 0 bridgehead atoms. The van der Waals surface area contributed by atoms with Gasteiger partial charge in [-0.25, -0.2) is 4.39 Å². The van der Waals surface area contributed by atoms with Crippen LogP contribution in [0, 0.1) is 9.52 Å². The van der Waals surface area contributed by atoms with E-state index in [9.17, 15) is 9.18 Å². The lowest BCUT2D eigenvalue weighted by molar-refractivity contribution is 0.0923. The van der Waals surface area contributed by atoms with E-state index in [-0.39, 0.29) is 11.7 Å². The summed E-state index contributed by atoms with van der Waals surface area (Å²) in [5, 5.41) is 7.63. The maximum atomic E-state index is 13.3. The molecule has 0 saturated heterocycles. The van der Waals surface area contributed by atoms with Crippen molar-refractivity contribution in [2.24, 2.45) is 0 Å². The highest BCUT2D eigenvalue weighted by atomic mass is 127. The van der Waals surface area contributed by atoms with E-state index in [0.29, 0.717) is 35.8 Å². The molecule has 1 aliphatic rings. The Morgan fingerprint density at radius 1 is 1.50 bits per heavy atom. The molecule has 1 N–H and O–H groups in total. The van der Waals surface area contributed by atoms with Crippen molar-refractivity contribution in [3.05, 3.63) is 49.6 Å². The normalized spacial score (nSPS) is 14.1. The lowest BCUT2D eigenvalue weighted by atomic mass is 10.0. The Balaban J connectivity index is 2.05. The van der Waals surface area contributed by atoms with Gasteiger partial charge in [-0.2, -0.15) is 5.10 Å². The molecule has 20 heavy (non-hydrogen) atoms. The van der Waals surface area contributed by atoms with Gasteiger partial charge in [-0.15, -0.1) is 0 Å². The van der Waals surface area contributed by atoms with Gasteiger partial charge >= 0.3 is 0 Å². The molecule has 0 radical (unpaired) electrons. The maximum absolute atomic E-state index is 13.3. The van der Waals surface area contributed by atoms with Crippen LogP contribution in [0.25, 0.3) is 0 Å². The summed E-state index contributed by atoms with van der Waals surface area (Å²) < 4.78 is 15.8. The molecule has 1 aliphatic heterocycles. The number of aromatic nitrogens is 2. The third kappa shape index (κ3) is 2.42. The number of carbonyl (C=O) groups is 1. The molecular weight excluding hydrogens is 396 g/mol. The Bertz CT molecular complexity index is 701. The van der Waals surface area contributed by atoms with Gasteiger partial charge in [0.15, 0.2) is 0 Å². The zero-order chi connectivity index (χ0) is 14.3. The molecule has 1 amide bonds. The molecule has 2 heterocycles. The first-order valence-corrected chi connectivity index (χ1v) is 7.49. The number of rotatable bonds is 2. The van der Waals surface area contributed by atoms with Gasteiger partial charge in [-0.1, -0.05) is 11.6 Å². The molecule has 1 aromatic carbocycles. The van der Waals surface area contributed by atoms with Gasteiger partial charge in [-0.05, 0) is 46.4 Å². The summed E-state index contributed by atoms with van der Waals surface area (Å²) in [6.07, 6.45) is 0.387. The number of amides is 1. The largest absolute Gasteiger partial charge is 0.349 e. The second kappa shape index (κ2) is 5.33. The van der Waals surface area contributed by atoms with Crippen LogP contribution >= 0.6 is 34.2 Å². The number of benzene rings is 1. The van der Waals surface area contributed by atoms with E-state index in [1.54, 1.807) is 4.68 Å². The molecule has 0 spiro atoms. The minimum Gasteiger partial charge on any atom is -0.349 e. The molecule has 2 aromatic rings. The zero-order valence-corrected chi connectivity index (χ0v) is 13.2. The maximum Gasteiger partial charge on any atom is 0.269 e. The first-order valence-electron chi connectivity index (χ1n) is 6.03. The summed E-state index contributed by atoms with van der Waals surface area (Å²) >= 11 is 8.18. The van der Waals surface area contributed by atoms with E-state index in [2.05, 4.69) is 33.0 Å². The van der Waals surface area contributed by atoms with Crippen molar-refractivity contribution in [1.29, 1.82) is 0 Å². The van der Waals surface area contributed by atoms with E-state index in [4.69, 9.17) is 11.6 Å². The van der Waals surface area contributed by atoms with Gasteiger partial charge in [0.05, 0.1) is 6.54 Å². The average molecular weight is 406 g/mol. The minimum absolute atomic E-state index is 0.144. The van der Waals surface area contributed by atoms with Crippen molar-refractivity contribution in [3.8, 4) is 0 Å². The Kier molecular flexibility index (Phi) is 3.68. The quantitative estimate of drug-likeness (QED) is 0.781. The van der Waals surface area contributed by atoms with E-state index in [1.807, 2.05) is 0 Å². The standard InChI is InChI=1S/C13H10ClFIN3O/c14-10-2-1-8(15)5-7(10)6-9-11-13(20)17-3-4-19(11)18-12(9)16/h1-2,5H,3-4,6H2,(H,17,20). The Labute approximate surface area is 133 Å². The molecule has 0 unspecified atom stereocenters. The summed E-state index contributed by atoms with van der Waals surface area (Å²) in [7, 11) is 0. The van der Waals surface area contributed by atoms with Gasteiger partial charge in [0.1, 0.15) is 15.2 Å². The average Bonchev–Trinajstić information content (AvgIpc) is 2.72. The first kappa shape index (κ1) is 13.8. The van der Waals surface area contributed by atoms with Crippen LogP contribution in [0.2, 0.25) is 5.02 Å². The lowest BCUT2D eigenvalue weighted by Crippen LogP contribution is -2.36. The van der Waals surface area contributed by atoms with Crippen molar-refractivity contribution in [1.82, 2.24) is 15.1 Å². The Morgan fingerprint density at radius 3 is 3.10 bits per heavy atom. The van der Waals surface area contributed by atoms with Crippen LogP contribution in [0.5, 0.6) is 0 Å². The molecule has 7 heteroatoms. The number of carbonyl (C=O) groups excluding carboxylic acids is 1. The number of hydrogen-bond acceptors (Lipinski definition) is 2. The van der Waals surface area contributed by atoms with Crippen LogP contribution in [-0.4, -0.2) is 22.2 Å². The monoisotopic (exact) mass is 405 g/mol. The molecule has 3 rings (SSSR count). The van der Waals surface area contributed by atoms with Crippen LogP contribution < -0.4 is 5.32 Å². The van der Waals surface area contributed by atoms with Crippen LogP contribution in [0.4, 0.5) is 4.39 Å². The first-order chi connectivity index (χ1) is 9.56. The van der Waals surface area contributed by atoms with Gasteiger partial charge in [0, 0.05) is 23.6 Å². The van der Waals surface area contributed by atoms with Crippen molar-refractivity contribution in [3.63, 3.8) is 0 Å². The second-order valence-electron chi connectivity index (χ2n) is 4.51. The number of nitrogens with one attached hydrogen (secondary N) is 1. The third-order valence-corrected chi connectivity index (χ3v) is 4.44. The third-order valence-electron chi connectivity index (χ3n) is 3.20. The predicted octanol–water partition coefficient (Wildman–Crippen LogP) is 2.61. The van der Waals surface area contributed by atoms with E-state index in [0.717, 1.165) is 9.26 Å². The summed E-state index contributed by atoms with van der Waals surface area (Å²) in [5.41, 5.74) is 1.98. The summed E-state index contributed by atoms with van der Waals surface area (Å²) in [6.45, 7) is 1.22. The number of fused-ring (bicyclic) bond motifs is 1. The Hall–Kier alpha value is -1.15. The predicted molar refractivity (Wildman–Crippen MR) is 81.5 cm³/mol. The fourth-order valence-corrected chi connectivity index (χ4v) is 3.16. The molecule has 0 fully saturated rings. The highest BCUT2D eigenvalue weighted by Crippen LogP contribution is 2.26. The topological polar surface area (TPSA) is 46.9 Å². The van der Waals surface area contributed by atoms with E-state index >= 15 is 0 Å². The van der Waals surface area contributed by atoms with Crippen molar-refractivity contribution in [2.45, 2.75) is 13.0 Å². The van der Waals surface area contributed by atoms with Crippen molar-refractivity contribution >= 4 is 40.1 Å². The number of halogens is 3. The van der Waals surface area contributed by atoms with E-state index < -0.39 is 0 Å². The summed E-state index contributed by atoms with van der Waals surface area (Å²) in [4.78, 5) is 12.0. The molecule has 104 valence electrons. The molecular formula is C13H10ClFIN3O. The van der Waals surface area contributed by atoms with Crippen molar-refractivity contribution in [2.75, 3.05) is 6.54 Å². The van der Waals surface area contributed by atoms with Crippen LogP contribution in [0.1, 0.15) is 21.6 Å². The van der Waals surface area contributed by atoms with Gasteiger partial charge in [0.2, 0.25) is 0 Å². The number of hydrogen-bond donors (Lipinski definition) is 1. The second-order valence-corrected chi connectivity index (χ2v) is 5.94. The summed E-state index contributed by atoms with van der Waals surface area (Å²) in [5.74, 6) is -0.487. The smallest absolute Gasteiger partial charge is 0.269 e. The Morgan fingerprint density at radius 2 is 2.30 bits per heavy atom.